The van der Waals surface area contributed by atoms with E-state index in [9.17, 15) is 4.79 Å². The Hall–Kier alpha value is -4.14. The monoisotopic (exact) mass is 445 g/mol. The largest absolute Gasteiger partial charge is 0.382 e. The van der Waals surface area contributed by atoms with Gasteiger partial charge in [-0.1, -0.05) is 44.6 Å². The number of carbonyl (C=O) groups is 1. The summed E-state index contributed by atoms with van der Waals surface area (Å²) in [5.74, 6) is 1.45. The molecule has 1 aromatic carbocycles. The van der Waals surface area contributed by atoms with Crippen LogP contribution in [0.15, 0.2) is 47.5 Å². The number of urea groups is 1. The van der Waals surface area contributed by atoms with Crippen LogP contribution in [0.1, 0.15) is 39.1 Å². The van der Waals surface area contributed by atoms with Crippen molar-refractivity contribution in [2.45, 2.75) is 33.1 Å². The summed E-state index contributed by atoms with van der Waals surface area (Å²) in [6.45, 7) is 11.9. The Bertz CT molecular complexity index is 1360. The molecule has 33 heavy (non-hydrogen) atoms. The van der Waals surface area contributed by atoms with Gasteiger partial charge in [0.15, 0.2) is 17.3 Å². The minimum atomic E-state index is -0.413. The van der Waals surface area contributed by atoms with Crippen molar-refractivity contribution in [2.75, 3.05) is 16.4 Å². The first-order valence-corrected chi connectivity index (χ1v) is 10.5. The molecule has 0 spiro atoms. The molecule has 9 nitrogen and oxygen atoms in total. The van der Waals surface area contributed by atoms with Crippen LogP contribution in [0.2, 0.25) is 0 Å². The number of nitrogens with two attached hydrogens (primary N) is 1. The van der Waals surface area contributed by atoms with E-state index < -0.39 is 6.03 Å². The summed E-state index contributed by atoms with van der Waals surface area (Å²) < 4.78 is 6.96. The van der Waals surface area contributed by atoms with E-state index in [1.165, 1.54) is 0 Å². The van der Waals surface area contributed by atoms with Gasteiger partial charge in [0.1, 0.15) is 5.76 Å². The molecular weight excluding hydrogens is 418 g/mol. The average molecular weight is 446 g/mol. The molecule has 0 saturated heterocycles. The number of aromatic nitrogens is 4. The lowest BCUT2D eigenvalue weighted by molar-refractivity contribution is 0.262. The van der Waals surface area contributed by atoms with Gasteiger partial charge in [0.05, 0.1) is 11.1 Å². The Labute approximate surface area is 191 Å². The number of nitrogens with zero attached hydrogens (tertiary/aromatic N) is 4. The Morgan fingerprint density at radius 3 is 2.45 bits per heavy atom. The zero-order valence-corrected chi connectivity index (χ0v) is 19.4. The van der Waals surface area contributed by atoms with Crippen molar-refractivity contribution in [3.8, 4) is 11.1 Å². The smallest absolute Gasteiger partial charge is 0.324 e. The van der Waals surface area contributed by atoms with Crippen LogP contribution < -0.4 is 16.4 Å². The average Bonchev–Trinajstić information content (AvgIpc) is 3.32. The second-order valence-corrected chi connectivity index (χ2v) is 9.03. The third-order valence-corrected chi connectivity index (χ3v) is 5.20. The van der Waals surface area contributed by atoms with Crippen molar-refractivity contribution in [1.29, 1.82) is 0 Å². The van der Waals surface area contributed by atoms with E-state index in [1.54, 1.807) is 10.7 Å². The van der Waals surface area contributed by atoms with Crippen LogP contribution >= 0.6 is 0 Å². The first-order chi connectivity index (χ1) is 15.5. The maximum absolute atomic E-state index is 12.4. The predicted molar refractivity (Wildman–Crippen MR) is 131 cm³/mol. The summed E-state index contributed by atoms with van der Waals surface area (Å²) >= 11 is 0. The van der Waals surface area contributed by atoms with Crippen LogP contribution in [0.25, 0.3) is 27.7 Å². The van der Waals surface area contributed by atoms with Crippen molar-refractivity contribution in [2.24, 2.45) is 7.05 Å². The Balaban J connectivity index is 1.56. The van der Waals surface area contributed by atoms with Crippen LogP contribution in [0, 0.1) is 0 Å². The fourth-order valence-electron chi connectivity index (χ4n) is 3.42. The van der Waals surface area contributed by atoms with Gasteiger partial charge in [-0.15, -0.1) is 0 Å². The quantitative estimate of drug-likeness (QED) is 0.398. The second-order valence-electron chi connectivity index (χ2n) is 9.03. The summed E-state index contributed by atoms with van der Waals surface area (Å²) in [4.78, 5) is 17.0. The number of amides is 2. The van der Waals surface area contributed by atoms with Gasteiger partial charge >= 0.3 is 6.03 Å². The maximum atomic E-state index is 12.4. The first kappa shape index (κ1) is 22.1. The molecule has 0 radical (unpaired) electrons. The lowest BCUT2D eigenvalue weighted by Gasteiger charge is -2.12. The number of fused-ring (bicyclic) bond motifs is 1. The van der Waals surface area contributed by atoms with E-state index in [2.05, 4.69) is 32.5 Å². The van der Waals surface area contributed by atoms with Crippen molar-refractivity contribution in [3.05, 3.63) is 54.4 Å². The number of aryl methyl sites for hydroxylation is 1. The Kier molecular flexibility index (Phi) is 5.41. The van der Waals surface area contributed by atoms with Gasteiger partial charge in [-0.05, 0) is 41.8 Å². The highest BCUT2D eigenvalue weighted by molar-refractivity contribution is 6.02. The van der Waals surface area contributed by atoms with Crippen LogP contribution in [0.3, 0.4) is 0 Å². The van der Waals surface area contributed by atoms with E-state index in [1.807, 2.05) is 65.1 Å². The number of allylic oxidation sites excluding steroid dienone is 1. The van der Waals surface area contributed by atoms with Crippen LogP contribution in [-0.2, 0) is 12.5 Å². The summed E-state index contributed by atoms with van der Waals surface area (Å²) in [5, 5.41) is 14.5. The second kappa shape index (κ2) is 8.09. The van der Waals surface area contributed by atoms with Gasteiger partial charge in [0.2, 0.25) is 0 Å². The molecule has 3 heterocycles. The van der Waals surface area contributed by atoms with Gasteiger partial charge in [0, 0.05) is 24.2 Å². The third kappa shape index (κ3) is 4.43. The molecule has 2 amide bonds. The summed E-state index contributed by atoms with van der Waals surface area (Å²) in [7, 11) is 1.81. The van der Waals surface area contributed by atoms with Crippen molar-refractivity contribution < 1.29 is 9.32 Å². The Morgan fingerprint density at radius 1 is 1.15 bits per heavy atom. The first-order valence-electron chi connectivity index (χ1n) is 10.5. The molecule has 0 aliphatic rings. The van der Waals surface area contributed by atoms with Gasteiger partial charge in [-0.3, -0.25) is 5.32 Å². The molecule has 9 heteroatoms. The molecule has 170 valence electrons. The highest BCUT2D eigenvalue weighted by atomic mass is 16.5. The number of pyridine rings is 1. The predicted octanol–water partition coefficient (Wildman–Crippen LogP) is 5.18. The lowest BCUT2D eigenvalue weighted by atomic mass is 9.93. The highest BCUT2D eigenvalue weighted by Crippen LogP contribution is 2.34. The zero-order chi connectivity index (χ0) is 23.9. The maximum Gasteiger partial charge on any atom is 0.324 e. The van der Waals surface area contributed by atoms with E-state index in [0.29, 0.717) is 28.7 Å². The fourth-order valence-corrected chi connectivity index (χ4v) is 3.42. The molecule has 0 saturated carbocycles. The molecule has 0 bridgehead atoms. The number of carbonyl (C=O) groups excluding carboxylic acids is 1. The molecule has 0 fully saturated rings. The number of rotatable bonds is 4. The fraction of sp³-hybridized carbons (Fsp3) is 0.250. The molecule has 0 aliphatic heterocycles. The summed E-state index contributed by atoms with van der Waals surface area (Å²) in [6, 6.07) is 10.7. The van der Waals surface area contributed by atoms with Crippen molar-refractivity contribution in [3.63, 3.8) is 0 Å². The lowest BCUT2D eigenvalue weighted by Crippen LogP contribution is -2.19. The molecule has 4 N–H and O–H groups in total. The molecule has 3 aromatic heterocycles. The van der Waals surface area contributed by atoms with Gasteiger partial charge in [0.25, 0.3) is 0 Å². The van der Waals surface area contributed by atoms with Crippen molar-refractivity contribution in [1.82, 2.24) is 19.9 Å². The van der Waals surface area contributed by atoms with Crippen LogP contribution in [0.4, 0.5) is 22.1 Å². The molecule has 0 atom stereocenters. The van der Waals surface area contributed by atoms with Gasteiger partial charge in [-0.2, -0.15) is 5.10 Å². The van der Waals surface area contributed by atoms with Crippen molar-refractivity contribution >= 4 is 40.0 Å². The number of benzene rings is 1. The highest BCUT2D eigenvalue weighted by Gasteiger charge is 2.20. The SMILES string of the molecule is C=C(C)c1cc(-c2ccc(NC(=O)Nc3cc(C(C)(C)C)on3)cc2)c2c(N)nn(C)c2n1. The van der Waals surface area contributed by atoms with E-state index in [4.69, 9.17) is 10.3 Å². The molecule has 0 aliphatic carbocycles. The minimum Gasteiger partial charge on any atom is -0.382 e. The zero-order valence-electron chi connectivity index (χ0n) is 19.4. The molecule has 4 rings (SSSR count). The van der Waals surface area contributed by atoms with Gasteiger partial charge < -0.3 is 15.6 Å². The molecule has 0 unspecified atom stereocenters. The summed E-state index contributed by atoms with van der Waals surface area (Å²) in [5.41, 5.74) is 10.7. The standard InChI is InChI=1S/C24H27N7O2/c1-13(2)17-11-16(20-21(25)29-31(6)22(20)27-17)14-7-9-15(10-8-14)26-23(32)28-19-12-18(33-30-19)24(3,4)5/h7-12H,1H2,2-6H3,(H2,25,29)(H2,26,28,30,32). The van der Waals surface area contributed by atoms with Crippen LogP contribution in [0.5, 0.6) is 0 Å². The topological polar surface area (TPSA) is 124 Å². The molecular formula is C24H27N7O2. The normalized spacial score (nSPS) is 11.5. The van der Waals surface area contributed by atoms with E-state index in [-0.39, 0.29) is 5.41 Å². The number of anilines is 3. The van der Waals surface area contributed by atoms with E-state index in [0.717, 1.165) is 27.8 Å². The summed E-state index contributed by atoms with van der Waals surface area (Å²) in [6.07, 6.45) is 0. The minimum absolute atomic E-state index is 0.195. The van der Waals surface area contributed by atoms with Crippen LogP contribution in [-0.4, -0.2) is 26.0 Å². The number of hydrogen-bond donors (Lipinski definition) is 3. The van der Waals surface area contributed by atoms with Gasteiger partial charge in [-0.25, -0.2) is 14.5 Å². The Morgan fingerprint density at radius 2 is 1.85 bits per heavy atom. The van der Waals surface area contributed by atoms with E-state index >= 15 is 0 Å². The number of hydrogen-bond acceptors (Lipinski definition) is 6. The number of nitrogens with one attached hydrogen (secondary N) is 2. The molecule has 4 aromatic rings. The number of nitrogen functional groups attached to an aromatic ring is 1. The third-order valence-electron chi connectivity index (χ3n) is 5.20.